The van der Waals surface area contributed by atoms with Crippen LogP contribution in [0.2, 0.25) is 0 Å². The smallest absolute Gasteiger partial charge is 0.216 e. The Balaban J connectivity index is 1.61. The molecule has 0 unspecified atom stereocenters. The van der Waals surface area contributed by atoms with E-state index in [0.717, 1.165) is 49.1 Å². The van der Waals surface area contributed by atoms with Gasteiger partial charge in [-0.2, -0.15) is 0 Å². The van der Waals surface area contributed by atoms with Crippen molar-refractivity contribution in [1.82, 2.24) is 9.29 Å². The van der Waals surface area contributed by atoms with Crippen molar-refractivity contribution in [3.05, 3.63) is 22.8 Å². The molecule has 1 aromatic heterocycles. The minimum absolute atomic E-state index is 0.117. The molecule has 1 aliphatic carbocycles. The van der Waals surface area contributed by atoms with Crippen molar-refractivity contribution >= 4 is 31.8 Å². The first kappa shape index (κ1) is 15.2. The van der Waals surface area contributed by atoms with Crippen LogP contribution in [0, 0.1) is 0 Å². The van der Waals surface area contributed by atoms with Gasteiger partial charge in [0.05, 0.1) is 5.25 Å². The summed E-state index contributed by atoms with van der Waals surface area (Å²) >= 11 is 3.38. The zero-order chi connectivity index (χ0) is 15.0. The van der Waals surface area contributed by atoms with Crippen molar-refractivity contribution in [2.75, 3.05) is 25.0 Å². The Hall–Kier alpha value is -0.660. The molecule has 1 saturated carbocycles. The number of nitrogens with zero attached hydrogens (tertiary/aromatic N) is 3. The number of aromatic nitrogens is 1. The molecule has 0 N–H and O–H groups in total. The zero-order valence-electron chi connectivity index (χ0n) is 12.1. The molecule has 21 heavy (non-hydrogen) atoms. The number of pyridine rings is 1. The highest BCUT2D eigenvalue weighted by molar-refractivity contribution is 9.10. The molecule has 2 fully saturated rings. The summed E-state index contributed by atoms with van der Waals surface area (Å²) < 4.78 is 27.1. The van der Waals surface area contributed by atoms with Gasteiger partial charge in [-0.1, -0.05) is 0 Å². The summed E-state index contributed by atoms with van der Waals surface area (Å²) in [6.07, 6.45) is 5.17. The molecule has 0 amide bonds. The number of sulfonamides is 1. The molecular formula is C14H20BrN3O2S. The van der Waals surface area contributed by atoms with Crippen molar-refractivity contribution in [2.24, 2.45) is 0 Å². The standard InChI is InChI=1S/C14H20BrN3O2S/c1-17(21(19,20)13-3-4-13)12-6-8-18(9-7-12)14-5-2-11(15)10-16-14/h2,5,10,12-13H,3-4,6-9H2,1H3. The van der Waals surface area contributed by atoms with Gasteiger partial charge in [0.15, 0.2) is 0 Å². The topological polar surface area (TPSA) is 53.5 Å². The third-order valence-corrected chi connectivity index (χ3v) is 7.25. The molecule has 7 heteroatoms. The Bertz CT molecular complexity index is 593. The van der Waals surface area contributed by atoms with E-state index in [2.05, 4.69) is 25.8 Å². The largest absolute Gasteiger partial charge is 0.357 e. The lowest BCUT2D eigenvalue weighted by Crippen LogP contribution is -2.46. The molecule has 0 spiro atoms. The van der Waals surface area contributed by atoms with Gasteiger partial charge in [-0.3, -0.25) is 0 Å². The Morgan fingerprint density at radius 2 is 1.90 bits per heavy atom. The maximum atomic E-state index is 12.3. The van der Waals surface area contributed by atoms with E-state index in [4.69, 9.17) is 0 Å². The van der Waals surface area contributed by atoms with Crippen molar-refractivity contribution in [1.29, 1.82) is 0 Å². The third kappa shape index (κ3) is 3.24. The number of anilines is 1. The van der Waals surface area contributed by atoms with Crippen LogP contribution in [-0.4, -0.2) is 49.1 Å². The SMILES string of the molecule is CN(C1CCN(c2ccc(Br)cn2)CC1)S(=O)(=O)C1CC1. The van der Waals surface area contributed by atoms with Gasteiger partial charge in [-0.15, -0.1) is 0 Å². The van der Waals surface area contributed by atoms with Crippen LogP contribution < -0.4 is 4.90 Å². The van der Waals surface area contributed by atoms with Gasteiger partial charge in [0.25, 0.3) is 0 Å². The van der Waals surface area contributed by atoms with E-state index in [-0.39, 0.29) is 11.3 Å². The predicted molar refractivity (Wildman–Crippen MR) is 86.9 cm³/mol. The molecule has 2 aliphatic rings. The molecule has 0 atom stereocenters. The maximum Gasteiger partial charge on any atom is 0.216 e. The van der Waals surface area contributed by atoms with E-state index in [1.54, 1.807) is 17.5 Å². The Morgan fingerprint density at radius 1 is 1.24 bits per heavy atom. The normalized spacial score (nSPS) is 21.0. The Labute approximate surface area is 134 Å². The second-order valence-corrected chi connectivity index (χ2v) is 9.00. The first-order valence-electron chi connectivity index (χ1n) is 7.32. The van der Waals surface area contributed by atoms with Gasteiger partial charge in [0.1, 0.15) is 5.82 Å². The van der Waals surface area contributed by atoms with Crippen molar-refractivity contribution in [3.63, 3.8) is 0 Å². The summed E-state index contributed by atoms with van der Waals surface area (Å²) in [6, 6.07) is 4.11. The lowest BCUT2D eigenvalue weighted by molar-refractivity contribution is 0.311. The maximum absolute atomic E-state index is 12.3. The van der Waals surface area contributed by atoms with Crippen LogP contribution >= 0.6 is 15.9 Å². The van der Waals surface area contributed by atoms with Gasteiger partial charge in [0, 0.05) is 36.8 Å². The van der Waals surface area contributed by atoms with Crippen molar-refractivity contribution < 1.29 is 8.42 Å². The van der Waals surface area contributed by atoms with Crippen LogP contribution in [0.5, 0.6) is 0 Å². The zero-order valence-corrected chi connectivity index (χ0v) is 14.5. The van der Waals surface area contributed by atoms with Gasteiger partial charge < -0.3 is 4.90 Å². The van der Waals surface area contributed by atoms with E-state index in [0.29, 0.717) is 0 Å². The molecule has 5 nitrogen and oxygen atoms in total. The fraction of sp³-hybridized carbons (Fsp3) is 0.643. The fourth-order valence-corrected chi connectivity index (χ4v) is 4.89. The van der Waals surface area contributed by atoms with E-state index in [1.807, 2.05) is 12.1 Å². The highest BCUT2D eigenvalue weighted by Crippen LogP contribution is 2.33. The second-order valence-electron chi connectivity index (χ2n) is 5.81. The number of piperidine rings is 1. The summed E-state index contributed by atoms with van der Waals surface area (Å²) in [6.45, 7) is 1.70. The van der Waals surface area contributed by atoms with Crippen LogP contribution in [0.3, 0.4) is 0 Å². The Morgan fingerprint density at radius 3 is 2.43 bits per heavy atom. The molecular weight excluding hydrogens is 354 g/mol. The summed E-state index contributed by atoms with van der Waals surface area (Å²) in [5.74, 6) is 0.962. The van der Waals surface area contributed by atoms with Crippen LogP contribution in [-0.2, 0) is 10.0 Å². The van der Waals surface area contributed by atoms with Gasteiger partial charge in [-0.05, 0) is 53.7 Å². The average molecular weight is 374 g/mol. The molecule has 1 aliphatic heterocycles. The summed E-state index contributed by atoms with van der Waals surface area (Å²) in [5.41, 5.74) is 0. The monoisotopic (exact) mass is 373 g/mol. The van der Waals surface area contributed by atoms with Crippen molar-refractivity contribution in [3.8, 4) is 0 Å². The summed E-state index contributed by atoms with van der Waals surface area (Å²) in [4.78, 5) is 6.63. The fourth-order valence-electron chi connectivity index (χ4n) is 2.82. The molecule has 116 valence electrons. The highest BCUT2D eigenvalue weighted by Gasteiger charge is 2.41. The molecule has 1 aromatic rings. The number of hydrogen-bond acceptors (Lipinski definition) is 4. The Kier molecular flexibility index (Phi) is 4.25. The average Bonchev–Trinajstić information content (AvgIpc) is 3.32. The molecule has 0 aromatic carbocycles. The number of halogens is 1. The van der Waals surface area contributed by atoms with Crippen LogP contribution in [0.25, 0.3) is 0 Å². The molecule has 2 heterocycles. The van der Waals surface area contributed by atoms with E-state index in [9.17, 15) is 8.42 Å². The van der Waals surface area contributed by atoms with Gasteiger partial charge >= 0.3 is 0 Å². The highest BCUT2D eigenvalue weighted by atomic mass is 79.9. The lowest BCUT2D eigenvalue weighted by atomic mass is 10.1. The molecule has 3 rings (SSSR count). The summed E-state index contributed by atoms with van der Waals surface area (Å²) in [5, 5.41) is -0.117. The number of rotatable bonds is 4. The predicted octanol–water partition coefficient (Wildman–Crippen LogP) is 2.24. The van der Waals surface area contributed by atoms with Crippen LogP contribution in [0.1, 0.15) is 25.7 Å². The quantitative estimate of drug-likeness (QED) is 0.811. The van der Waals surface area contributed by atoms with Crippen LogP contribution in [0.4, 0.5) is 5.82 Å². The first-order valence-corrected chi connectivity index (χ1v) is 9.61. The molecule has 0 bridgehead atoms. The van der Waals surface area contributed by atoms with Crippen molar-refractivity contribution in [2.45, 2.75) is 37.0 Å². The third-order valence-electron chi connectivity index (χ3n) is 4.36. The second kappa shape index (κ2) is 5.85. The minimum atomic E-state index is -3.06. The lowest BCUT2D eigenvalue weighted by Gasteiger charge is -2.36. The van der Waals surface area contributed by atoms with Gasteiger partial charge in [0.2, 0.25) is 10.0 Å². The number of hydrogen-bond donors (Lipinski definition) is 0. The van der Waals surface area contributed by atoms with E-state index in [1.165, 1.54) is 0 Å². The van der Waals surface area contributed by atoms with Gasteiger partial charge in [-0.25, -0.2) is 17.7 Å². The van der Waals surface area contributed by atoms with E-state index < -0.39 is 10.0 Å². The van der Waals surface area contributed by atoms with Crippen LogP contribution in [0.15, 0.2) is 22.8 Å². The molecule has 0 radical (unpaired) electrons. The summed E-state index contributed by atoms with van der Waals surface area (Å²) in [7, 11) is -1.32. The minimum Gasteiger partial charge on any atom is -0.357 e. The van der Waals surface area contributed by atoms with E-state index >= 15 is 0 Å². The molecule has 1 saturated heterocycles. The first-order chi connectivity index (χ1) is 9.98.